The molecule has 0 atom stereocenters. The van der Waals surface area contributed by atoms with Gasteiger partial charge in [-0.3, -0.25) is 0 Å². The molecule has 0 unspecified atom stereocenters. The number of anilines is 12. The fourth-order valence-corrected chi connectivity index (χ4v) is 13.1. The molecule has 9 heteroatoms. The largest absolute Gasteiger partial charge is 0.456 e. The first-order chi connectivity index (χ1) is 43.2. The van der Waals surface area contributed by atoms with Crippen molar-refractivity contribution in [1.29, 1.82) is 0 Å². The van der Waals surface area contributed by atoms with Gasteiger partial charge in [-0.2, -0.15) is 0 Å². The van der Waals surface area contributed by atoms with Crippen molar-refractivity contribution in [2.24, 2.45) is 0 Å². The molecule has 3 aromatic heterocycles. The van der Waals surface area contributed by atoms with Crippen LogP contribution in [0.1, 0.15) is 52.7 Å². The molecule has 0 spiro atoms. The summed E-state index contributed by atoms with van der Waals surface area (Å²) in [5.41, 5.74) is 17.5. The first-order valence-corrected chi connectivity index (χ1v) is 30.8. The van der Waals surface area contributed by atoms with Crippen LogP contribution in [0.15, 0.2) is 280 Å². The van der Waals surface area contributed by atoms with E-state index in [1.807, 2.05) is 48.5 Å². The monoisotopic (exact) mass is 1200 g/mol. The van der Waals surface area contributed by atoms with Crippen LogP contribution in [0, 0.1) is 0 Å². The molecule has 0 radical (unpaired) electrons. The Morgan fingerprint density at radius 1 is 0.258 bits per heavy atom. The molecule has 0 aliphatic heterocycles. The standard InChI is InChI=1S/C80H62Cl2N4O3/c1-79(2,3)51-32-36-56(37-33-51)85(59-25-19-24-58(46-59)83(60-40-42-74-66(47-60)63-26-13-16-29-71(63)87-74)61-41-43-75-67(48-61)64-27-14-17-30-72(64)88-75)69-44-53(81)45-70(78(69)82)86(57-38-34-52(35-39-57)80(4,5)6)62-49-68(77-65-28-15-18-31-73(65)89-76(77)50-62)84(54-20-9-7-10-21-54)55-22-11-8-12-23-55/h7-50H,1-6H3. The number of hydrogen-bond acceptors (Lipinski definition) is 7. The zero-order valence-corrected chi connectivity index (χ0v) is 51.7. The number of para-hydroxylation sites is 5. The van der Waals surface area contributed by atoms with Crippen LogP contribution in [-0.4, -0.2) is 0 Å². The second-order valence-electron chi connectivity index (χ2n) is 24.9. The van der Waals surface area contributed by atoms with Crippen LogP contribution >= 0.6 is 23.2 Å². The quantitative estimate of drug-likeness (QED) is 0.121. The van der Waals surface area contributed by atoms with E-state index in [4.69, 9.17) is 36.5 Å². The minimum absolute atomic E-state index is 0.104. The van der Waals surface area contributed by atoms with Gasteiger partial charge in [0, 0.05) is 83.5 Å². The summed E-state index contributed by atoms with van der Waals surface area (Å²) in [7, 11) is 0. The predicted octanol–water partition coefficient (Wildman–Crippen LogP) is 25.2. The van der Waals surface area contributed by atoms with Gasteiger partial charge in [0.2, 0.25) is 0 Å². The normalized spacial score (nSPS) is 12.0. The van der Waals surface area contributed by atoms with E-state index < -0.39 is 0 Å². The molecule has 0 fully saturated rings. The molecule has 434 valence electrons. The van der Waals surface area contributed by atoms with Crippen molar-refractivity contribution in [2.75, 3.05) is 19.6 Å². The molecule has 15 aromatic rings. The molecule has 0 saturated heterocycles. The molecule has 89 heavy (non-hydrogen) atoms. The first kappa shape index (κ1) is 55.4. The van der Waals surface area contributed by atoms with Crippen molar-refractivity contribution < 1.29 is 13.3 Å². The highest BCUT2D eigenvalue weighted by Gasteiger charge is 2.29. The van der Waals surface area contributed by atoms with Gasteiger partial charge in [-0.05, 0) is 161 Å². The van der Waals surface area contributed by atoms with Crippen molar-refractivity contribution in [1.82, 2.24) is 0 Å². The van der Waals surface area contributed by atoms with Gasteiger partial charge in [0.25, 0.3) is 0 Å². The van der Waals surface area contributed by atoms with Crippen LogP contribution in [-0.2, 0) is 10.8 Å². The number of rotatable bonds is 12. The SMILES string of the molecule is CC(C)(C)c1ccc(N(c2cccc(N(c3ccc4oc5ccccc5c4c3)c3ccc4oc5ccccc5c4c3)c2)c2cc(Cl)cc(N(c3ccc(C(C)(C)C)cc3)c3cc(N(c4ccccc4)c4ccccc4)c4c(c3)oc3ccccc34)c2Cl)cc1. The summed E-state index contributed by atoms with van der Waals surface area (Å²) in [6.07, 6.45) is 0. The Kier molecular flexibility index (Phi) is 13.6. The lowest BCUT2D eigenvalue weighted by molar-refractivity contribution is 0.590. The third-order valence-corrected chi connectivity index (χ3v) is 17.6. The average molecular weight is 1200 g/mol. The van der Waals surface area contributed by atoms with Crippen LogP contribution < -0.4 is 19.6 Å². The molecule has 0 bridgehead atoms. The molecule has 15 rings (SSSR count). The smallest absolute Gasteiger partial charge is 0.139 e. The third-order valence-electron chi connectivity index (χ3n) is 17.0. The van der Waals surface area contributed by atoms with Crippen molar-refractivity contribution in [2.45, 2.75) is 52.4 Å². The van der Waals surface area contributed by atoms with Crippen molar-refractivity contribution >= 4 is 157 Å². The van der Waals surface area contributed by atoms with Crippen LogP contribution in [0.25, 0.3) is 65.8 Å². The molecule has 0 N–H and O–H groups in total. The van der Waals surface area contributed by atoms with Gasteiger partial charge in [0.15, 0.2) is 0 Å². The first-order valence-electron chi connectivity index (χ1n) is 30.1. The van der Waals surface area contributed by atoms with Crippen molar-refractivity contribution in [3.05, 3.63) is 288 Å². The van der Waals surface area contributed by atoms with Gasteiger partial charge >= 0.3 is 0 Å². The Balaban J connectivity index is 0.960. The minimum Gasteiger partial charge on any atom is -0.456 e. The zero-order valence-electron chi connectivity index (χ0n) is 50.2. The van der Waals surface area contributed by atoms with E-state index in [0.29, 0.717) is 27.0 Å². The molecule has 7 nitrogen and oxygen atoms in total. The molecule has 0 aliphatic carbocycles. The Hall–Kier alpha value is -10.2. The maximum atomic E-state index is 8.33. The van der Waals surface area contributed by atoms with E-state index in [1.54, 1.807) is 0 Å². The van der Waals surface area contributed by atoms with E-state index in [9.17, 15) is 0 Å². The lowest BCUT2D eigenvalue weighted by atomic mass is 9.87. The fourth-order valence-electron chi connectivity index (χ4n) is 12.6. The lowest BCUT2D eigenvalue weighted by Crippen LogP contribution is -2.17. The number of fused-ring (bicyclic) bond motifs is 9. The summed E-state index contributed by atoms with van der Waals surface area (Å²) < 4.78 is 19.8. The number of furan rings is 3. The van der Waals surface area contributed by atoms with Gasteiger partial charge in [-0.15, -0.1) is 0 Å². The molecule has 0 saturated carbocycles. The highest BCUT2D eigenvalue weighted by atomic mass is 35.5. The van der Waals surface area contributed by atoms with Crippen LogP contribution in [0.4, 0.5) is 68.2 Å². The van der Waals surface area contributed by atoms with E-state index in [2.05, 4.69) is 280 Å². The van der Waals surface area contributed by atoms with Crippen molar-refractivity contribution in [3.63, 3.8) is 0 Å². The Morgan fingerprint density at radius 2 is 0.618 bits per heavy atom. The van der Waals surface area contributed by atoms with Gasteiger partial charge in [0.05, 0.1) is 33.2 Å². The van der Waals surface area contributed by atoms with E-state index in [1.165, 1.54) is 11.1 Å². The van der Waals surface area contributed by atoms with Gasteiger partial charge in [0.1, 0.15) is 33.5 Å². The second kappa shape index (κ2) is 21.9. The van der Waals surface area contributed by atoms with Gasteiger partial charge in [-0.25, -0.2) is 0 Å². The summed E-state index contributed by atoms with van der Waals surface area (Å²) in [5, 5.41) is 7.07. The molecule has 12 aromatic carbocycles. The summed E-state index contributed by atoms with van der Waals surface area (Å²) in [4.78, 5) is 9.07. The number of halogens is 2. The van der Waals surface area contributed by atoms with Crippen LogP contribution in [0.2, 0.25) is 10.0 Å². The highest BCUT2D eigenvalue weighted by Crippen LogP contribution is 2.53. The van der Waals surface area contributed by atoms with Gasteiger partial charge < -0.3 is 32.9 Å². The summed E-state index contributed by atoms with van der Waals surface area (Å²) in [5.74, 6) is 0. The van der Waals surface area contributed by atoms with E-state index in [-0.39, 0.29) is 10.8 Å². The maximum Gasteiger partial charge on any atom is 0.139 e. The highest BCUT2D eigenvalue weighted by molar-refractivity contribution is 6.39. The topological polar surface area (TPSA) is 52.4 Å². The number of hydrogen-bond donors (Lipinski definition) is 0. The Labute approximate surface area is 527 Å². The number of benzene rings is 12. The summed E-state index contributed by atoms with van der Waals surface area (Å²) in [6, 6.07) is 93.1. The summed E-state index contributed by atoms with van der Waals surface area (Å²) >= 11 is 16.0. The maximum absolute atomic E-state index is 8.33. The van der Waals surface area contributed by atoms with E-state index in [0.717, 1.165) is 117 Å². The van der Waals surface area contributed by atoms with E-state index >= 15 is 0 Å². The van der Waals surface area contributed by atoms with Crippen LogP contribution in [0.5, 0.6) is 0 Å². The number of nitrogens with zero attached hydrogens (tertiary/aromatic N) is 4. The van der Waals surface area contributed by atoms with Crippen molar-refractivity contribution in [3.8, 4) is 0 Å². The van der Waals surface area contributed by atoms with Crippen LogP contribution in [0.3, 0.4) is 0 Å². The molecular weight excluding hydrogens is 1140 g/mol. The van der Waals surface area contributed by atoms with Gasteiger partial charge in [-0.1, -0.05) is 186 Å². The summed E-state index contributed by atoms with van der Waals surface area (Å²) in [6.45, 7) is 13.4. The Bertz CT molecular complexity index is 5000. The molecule has 0 amide bonds. The second-order valence-corrected chi connectivity index (χ2v) is 25.7. The average Bonchev–Trinajstić information content (AvgIpc) is 1.83. The fraction of sp³-hybridized carbons (Fsp3) is 0.100. The zero-order chi connectivity index (χ0) is 60.7. The minimum atomic E-state index is -0.107. The lowest BCUT2D eigenvalue weighted by Gasteiger charge is -2.33. The molecule has 0 aliphatic rings. The third kappa shape index (κ3) is 10.1. The molecule has 3 heterocycles. The molecular formula is C80H62Cl2N4O3. The predicted molar refractivity (Wildman–Crippen MR) is 374 cm³/mol. The Morgan fingerprint density at radius 3 is 1.11 bits per heavy atom.